The van der Waals surface area contributed by atoms with Crippen LogP contribution < -0.4 is 0 Å². The molecule has 6 heteroatoms. The van der Waals surface area contributed by atoms with Crippen molar-refractivity contribution in [1.29, 1.82) is 5.26 Å². The van der Waals surface area contributed by atoms with Crippen molar-refractivity contribution in [3.8, 4) is 5.40 Å². The zero-order chi connectivity index (χ0) is 12.8. The van der Waals surface area contributed by atoms with E-state index in [-0.39, 0.29) is 12.2 Å². The molecule has 94 valence electrons. The Morgan fingerprint density at radius 1 is 1.25 bits per heavy atom. The molecule has 0 aliphatic rings. The fourth-order valence-corrected chi connectivity index (χ4v) is 4.37. The highest BCUT2D eigenvalue weighted by Crippen LogP contribution is 2.59. The summed E-state index contributed by atoms with van der Waals surface area (Å²) in [6.07, 6.45) is 0.213. The van der Waals surface area contributed by atoms with Gasteiger partial charge in [-0.3, -0.25) is 4.57 Å². The van der Waals surface area contributed by atoms with Crippen molar-refractivity contribution in [1.82, 2.24) is 0 Å². The molecule has 0 spiro atoms. The molecule has 0 saturated carbocycles. The summed E-state index contributed by atoms with van der Waals surface area (Å²) in [4.78, 5) is -0.415. The highest BCUT2D eigenvalue weighted by atomic mass is 32.2. The van der Waals surface area contributed by atoms with E-state index in [0.29, 0.717) is 6.42 Å². The van der Waals surface area contributed by atoms with Crippen molar-refractivity contribution in [3.63, 3.8) is 0 Å². The number of hydrogen-bond donors (Lipinski definition) is 0. The number of nitriles is 1. The second-order valence-electron chi connectivity index (χ2n) is 3.92. The van der Waals surface area contributed by atoms with Gasteiger partial charge < -0.3 is 9.05 Å². The smallest absolute Gasteiger partial charge is 0.305 e. The monoisotopic (exact) mass is 265 g/mol. The summed E-state index contributed by atoms with van der Waals surface area (Å²) >= 11 is 0.960. The standard InChI is InChI=1S/C10H20NO3PS/c1-6-10(16-7-11)15(12,13-8(2)3)14-9(4)5/h8-10H,6H2,1-5H3. The van der Waals surface area contributed by atoms with Gasteiger partial charge in [0.2, 0.25) is 0 Å². The Balaban J connectivity index is 4.89. The van der Waals surface area contributed by atoms with Crippen molar-refractivity contribution < 1.29 is 13.6 Å². The van der Waals surface area contributed by atoms with Gasteiger partial charge in [-0.05, 0) is 45.9 Å². The third-order valence-electron chi connectivity index (χ3n) is 1.61. The Bertz CT molecular complexity index is 274. The summed E-state index contributed by atoms with van der Waals surface area (Å²) in [6.45, 7) is 9.09. The predicted molar refractivity (Wildman–Crippen MR) is 67.3 cm³/mol. The van der Waals surface area contributed by atoms with Crippen molar-refractivity contribution in [2.75, 3.05) is 0 Å². The van der Waals surface area contributed by atoms with E-state index in [9.17, 15) is 4.57 Å². The first-order valence-electron chi connectivity index (χ1n) is 5.37. The molecular weight excluding hydrogens is 245 g/mol. The Labute approximate surface area is 102 Å². The lowest BCUT2D eigenvalue weighted by Crippen LogP contribution is -2.15. The van der Waals surface area contributed by atoms with E-state index < -0.39 is 12.6 Å². The highest BCUT2D eigenvalue weighted by Gasteiger charge is 2.37. The van der Waals surface area contributed by atoms with Crippen LogP contribution in [0.25, 0.3) is 0 Å². The molecule has 1 atom stereocenters. The lowest BCUT2D eigenvalue weighted by molar-refractivity contribution is 0.141. The molecule has 1 unspecified atom stereocenters. The maximum atomic E-state index is 12.5. The molecule has 0 radical (unpaired) electrons. The molecular formula is C10H20NO3PS. The maximum Gasteiger partial charge on any atom is 0.345 e. The van der Waals surface area contributed by atoms with E-state index >= 15 is 0 Å². The summed E-state index contributed by atoms with van der Waals surface area (Å²) in [5, 5.41) is 10.6. The van der Waals surface area contributed by atoms with Gasteiger partial charge in [0.25, 0.3) is 0 Å². The molecule has 0 bridgehead atoms. The van der Waals surface area contributed by atoms with Gasteiger partial charge in [0.15, 0.2) is 0 Å². The molecule has 0 fully saturated rings. The molecule has 16 heavy (non-hydrogen) atoms. The van der Waals surface area contributed by atoms with Crippen molar-refractivity contribution >= 4 is 19.4 Å². The predicted octanol–water partition coefficient (Wildman–Crippen LogP) is 3.98. The zero-order valence-electron chi connectivity index (χ0n) is 10.5. The highest BCUT2D eigenvalue weighted by molar-refractivity contribution is 8.09. The maximum absolute atomic E-state index is 12.5. The second-order valence-corrected chi connectivity index (χ2v) is 7.38. The molecule has 4 nitrogen and oxygen atoms in total. The van der Waals surface area contributed by atoms with E-state index in [1.165, 1.54) is 0 Å². The summed E-state index contributed by atoms with van der Waals surface area (Å²) in [7, 11) is -3.22. The van der Waals surface area contributed by atoms with Crippen LogP contribution in [0.4, 0.5) is 0 Å². The zero-order valence-corrected chi connectivity index (χ0v) is 12.2. The van der Waals surface area contributed by atoms with Crippen LogP contribution in [0.3, 0.4) is 0 Å². The van der Waals surface area contributed by atoms with E-state index in [0.717, 1.165) is 11.8 Å². The van der Waals surface area contributed by atoms with Gasteiger partial charge in [0, 0.05) is 0 Å². The third-order valence-corrected chi connectivity index (χ3v) is 5.91. The molecule has 0 rings (SSSR count). The summed E-state index contributed by atoms with van der Waals surface area (Å²) in [5.41, 5.74) is 0. The number of nitrogens with zero attached hydrogens (tertiary/aromatic N) is 1. The molecule has 0 heterocycles. The quantitative estimate of drug-likeness (QED) is 0.514. The molecule has 0 saturated heterocycles. The molecule has 0 amide bonds. The Kier molecular flexibility index (Phi) is 7.34. The Morgan fingerprint density at radius 2 is 1.69 bits per heavy atom. The van der Waals surface area contributed by atoms with Crippen LogP contribution in [0.2, 0.25) is 0 Å². The molecule has 0 aromatic rings. The molecule has 0 aromatic heterocycles. The van der Waals surface area contributed by atoms with Crippen LogP contribution in [0.1, 0.15) is 41.0 Å². The van der Waals surface area contributed by atoms with Crippen LogP contribution in [-0.4, -0.2) is 17.2 Å². The first-order valence-corrected chi connectivity index (χ1v) is 7.86. The molecule has 0 aliphatic heterocycles. The van der Waals surface area contributed by atoms with Crippen molar-refractivity contribution in [2.45, 2.75) is 58.2 Å². The van der Waals surface area contributed by atoms with Crippen LogP contribution in [0, 0.1) is 10.7 Å². The van der Waals surface area contributed by atoms with Gasteiger partial charge >= 0.3 is 7.60 Å². The van der Waals surface area contributed by atoms with Gasteiger partial charge in [-0.2, -0.15) is 5.26 Å². The van der Waals surface area contributed by atoms with E-state index in [2.05, 4.69) is 0 Å². The lowest BCUT2D eigenvalue weighted by atomic mass is 10.5. The van der Waals surface area contributed by atoms with Crippen molar-refractivity contribution in [2.24, 2.45) is 0 Å². The Hall–Kier alpha value is -0.0100. The Morgan fingerprint density at radius 3 is 1.94 bits per heavy atom. The first kappa shape index (κ1) is 16.0. The number of hydrogen-bond acceptors (Lipinski definition) is 5. The minimum atomic E-state index is -3.22. The average Bonchev–Trinajstić information content (AvgIpc) is 2.10. The SMILES string of the molecule is CCC(SC#N)P(=O)(OC(C)C)OC(C)C. The minimum Gasteiger partial charge on any atom is -0.305 e. The van der Waals surface area contributed by atoms with Gasteiger partial charge in [-0.15, -0.1) is 0 Å². The number of thioether (sulfide) groups is 1. The van der Waals surface area contributed by atoms with Gasteiger partial charge in [0.05, 0.1) is 12.2 Å². The minimum absolute atomic E-state index is 0.182. The fourth-order valence-electron chi connectivity index (χ4n) is 1.18. The number of thiocyanates is 1. The van der Waals surface area contributed by atoms with E-state index in [4.69, 9.17) is 14.3 Å². The summed E-state index contributed by atoms with van der Waals surface area (Å²) < 4.78 is 23.4. The van der Waals surface area contributed by atoms with Gasteiger partial charge in [-0.1, -0.05) is 6.92 Å². The van der Waals surface area contributed by atoms with Crippen LogP contribution in [0.15, 0.2) is 0 Å². The molecule has 0 aromatic carbocycles. The van der Waals surface area contributed by atoms with E-state index in [1.807, 2.05) is 12.3 Å². The number of rotatable bonds is 7. The third kappa shape index (κ3) is 5.36. The fraction of sp³-hybridized carbons (Fsp3) is 0.900. The van der Waals surface area contributed by atoms with E-state index in [1.54, 1.807) is 27.7 Å². The topological polar surface area (TPSA) is 59.3 Å². The first-order chi connectivity index (χ1) is 7.35. The van der Waals surface area contributed by atoms with Crippen LogP contribution in [0.5, 0.6) is 0 Å². The van der Waals surface area contributed by atoms with Crippen LogP contribution in [-0.2, 0) is 13.6 Å². The largest absolute Gasteiger partial charge is 0.345 e. The second kappa shape index (κ2) is 7.34. The molecule has 0 aliphatic carbocycles. The summed E-state index contributed by atoms with van der Waals surface area (Å²) in [6, 6.07) is 0. The lowest BCUT2D eigenvalue weighted by Gasteiger charge is -2.27. The van der Waals surface area contributed by atoms with Gasteiger partial charge in [0.1, 0.15) is 10.4 Å². The van der Waals surface area contributed by atoms with Crippen LogP contribution >= 0.6 is 19.4 Å². The normalized spacial score (nSPS) is 14.1. The summed E-state index contributed by atoms with van der Waals surface area (Å²) in [5.74, 6) is 0. The molecule has 0 N–H and O–H groups in total. The van der Waals surface area contributed by atoms with Crippen molar-refractivity contribution in [3.05, 3.63) is 0 Å². The average molecular weight is 265 g/mol. The van der Waals surface area contributed by atoms with Gasteiger partial charge in [-0.25, -0.2) is 0 Å².